The third-order valence-electron chi connectivity index (χ3n) is 3.23. The van der Waals surface area contributed by atoms with E-state index in [-0.39, 0.29) is 11.6 Å². The third kappa shape index (κ3) is 2.71. The SMILES string of the molecule is Cc1c(C(=O)Nc2ccccc2Cl)nnn1-c1ccccc1. The van der Waals surface area contributed by atoms with Crippen molar-refractivity contribution in [2.24, 2.45) is 0 Å². The van der Waals surface area contributed by atoms with E-state index in [0.717, 1.165) is 5.69 Å². The highest BCUT2D eigenvalue weighted by Gasteiger charge is 2.18. The third-order valence-corrected chi connectivity index (χ3v) is 3.56. The molecule has 0 saturated carbocycles. The lowest BCUT2D eigenvalue weighted by molar-refractivity contribution is 0.102. The van der Waals surface area contributed by atoms with E-state index in [2.05, 4.69) is 15.6 Å². The molecule has 2 aromatic carbocycles. The summed E-state index contributed by atoms with van der Waals surface area (Å²) in [5.41, 5.74) is 2.33. The number of carbonyl (C=O) groups excluding carboxylic acids is 1. The summed E-state index contributed by atoms with van der Waals surface area (Å²) in [6, 6.07) is 16.6. The Morgan fingerprint density at radius 3 is 2.50 bits per heavy atom. The molecule has 1 heterocycles. The smallest absolute Gasteiger partial charge is 0.278 e. The lowest BCUT2D eigenvalue weighted by Crippen LogP contribution is -2.14. The molecule has 1 aromatic heterocycles. The molecule has 0 aliphatic heterocycles. The van der Waals surface area contributed by atoms with Crippen LogP contribution in [0.2, 0.25) is 5.02 Å². The van der Waals surface area contributed by atoms with Crippen molar-refractivity contribution < 1.29 is 4.79 Å². The van der Waals surface area contributed by atoms with E-state index < -0.39 is 0 Å². The first kappa shape index (κ1) is 14.3. The van der Waals surface area contributed by atoms with Gasteiger partial charge in [0.05, 0.1) is 22.1 Å². The summed E-state index contributed by atoms with van der Waals surface area (Å²) >= 11 is 6.04. The van der Waals surface area contributed by atoms with Crippen molar-refractivity contribution in [3.05, 3.63) is 71.0 Å². The molecule has 1 N–H and O–H groups in total. The molecular formula is C16H13ClN4O. The monoisotopic (exact) mass is 312 g/mol. The van der Waals surface area contributed by atoms with Gasteiger partial charge in [-0.05, 0) is 31.2 Å². The number of nitrogens with one attached hydrogen (secondary N) is 1. The van der Waals surface area contributed by atoms with Gasteiger partial charge in [0, 0.05) is 0 Å². The maximum absolute atomic E-state index is 12.3. The number of carbonyl (C=O) groups is 1. The Hall–Kier alpha value is -2.66. The standard InChI is InChI=1S/C16H13ClN4O/c1-11-15(16(22)18-14-10-6-5-9-13(14)17)19-20-21(11)12-7-3-2-4-8-12/h2-10H,1H3,(H,18,22). The fourth-order valence-electron chi connectivity index (χ4n) is 2.10. The van der Waals surface area contributed by atoms with Gasteiger partial charge in [-0.1, -0.05) is 47.1 Å². The van der Waals surface area contributed by atoms with Crippen molar-refractivity contribution >= 4 is 23.2 Å². The number of para-hydroxylation sites is 2. The van der Waals surface area contributed by atoms with Crippen molar-refractivity contribution in [1.29, 1.82) is 0 Å². The highest BCUT2D eigenvalue weighted by molar-refractivity contribution is 6.33. The summed E-state index contributed by atoms with van der Waals surface area (Å²) in [4.78, 5) is 12.3. The molecule has 0 atom stereocenters. The zero-order chi connectivity index (χ0) is 15.5. The predicted molar refractivity (Wildman–Crippen MR) is 85.5 cm³/mol. The summed E-state index contributed by atoms with van der Waals surface area (Å²) in [7, 11) is 0. The molecule has 3 aromatic rings. The average Bonchev–Trinajstić information content (AvgIpc) is 2.92. The van der Waals surface area contributed by atoms with E-state index in [0.29, 0.717) is 16.4 Å². The number of aromatic nitrogens is 3. The van der Waals surface area contributed by atoms with Gasteiger partial charge in [0.25, 0.3) is 5.91 Å². The highest BCUT2D eigenvalue weighted by atomic mass is 35.5. The van der Waals surface area contributed by atoms with Crippen LogP contribution in [0.3, 0.4) is 0 Å². The van der Waals surface area contributed by atoms with Gasteiger partial charge in [-0.3, -0.25) is 4.79 Å². The first-order valence-corrected chi connectivity index (χ1v) is 7.08. The van der Waals surface area contributed by atoms with Crippen molar-refractivity contribution in [1.82, 2.24) is 15.0 Å². The molecule has 0 aliphatic carbocycles. The van der Waals surface area contributed by atoms with Gasteiger partial charge in [0.1, 0.15) is 0 Å². The van der Waals surface area contributed by atoms with E-state index in [9.17, 15) is 4.79 Å². The van der Waals surface area contributed by atoms with Crippen LogP contribution in [0.25, 0.3) is 5.69 Å². The molecule has 0 radical (unpaired) electrons. The minimum atomic E-state index is -0.340. The molecule has 1 amide bonds. The number of benzene rings is 2. The molecule has 0 unspecified atom stereocenters. The number of nitrogens with zero attached hydrogens (tertiary/aromatic N) is 3. The van der Waals surface area contributed by atoms with Crippen LogP contribution in [0.4, 0.5) is 5.69 Å². The number of anilines is 1. The second-order valence-electron chi connectivity index (χ2n) is 4.70. The summed E-state index contributed by atoms with van der Waals surface area (Å²) in [5, 5.41) is 11.2. The minimum absolute atomic E-state index is 0.267. The van der Waals surface area contributed by atoms with Crippen LogP contribution in [0.15, 0.2) is 54.6 Å². The Morgan fingerprint density at radius 1 is 1.09 bits per heavy atom. The summed E-state index contributed by atoms with van der Waals surface area (Å²) < 4.78 is 1.63. The lowest BCUT2D eigenvalue weighted by Gasteiger charge is -2.06. The molecule has 5 nitrogen and oxygen atoms in total. The zero-order valence-electron chi connectivity index (χ0n) is 11.8. The zero-order valence-corrected chi connectivity index (χ0v) is 12.6. The molecule has 3 rings (SSSR count). The first-order chi connectivity index (χ1) is 10.7. The fraction of sp³-hybridized carbons (Fsp3) is 0.0625. The van der Waals surface area contributed by atoms with Crippen molar-refractivity contribution in [3.8, 4) is 5.69 Å². The quantitative estimate of drug-likeness (QED) is 0.805. The van der Waals surface area contributed by atoms with Gasteiger partial charge in [-0.15, -0.1) is 5.10 Å². The second-order valence-corrected chi connectivity index (χ2v) is 5.11. The van der Waals surface area contributed by atoms with Crippen LogP contribution in [0.1, 0.15) is 16.2 Å². The van der Waals surface area contributed by atoms with Crippen LogP contribution in [0.5, 0.6) is 0 Å². The summed E-state index contributed by atoms with van der Waals surface area (Å²) in [6.07, 6.45) is 0. The van der Waals surface area contributed by atoms with Gasteiger partial charge in [0.15, 0.2) is 5.69 Å². The van der Waals surface area contributed by atoms with Crippen LogP contribution in [-0.4, -0.2) is 20.9 Å². The van der Waals surface area contributed by atoms with Gasteiger partial charge >= 0.3 is 0 Å². The molecule has 22 heavy (non-hydrogen) atoms. The van der Waals surface area contributed by atoms with Crippen molar-refractivity contribution in [2.45, 2.75) is 6.92 Å². The number of rotatable bonds is 3. The average molecular weight is 313 g/mol. The van der Waals surface area contributed by atoms with Gasteiger partial charge in [-0.25, -0.2) is 4.68 Å². The van der Waals surface area contributed by atoms with E-state index in [4.69, 9.17) is 11.6 Å². The van der Waals surface area contributed by atoms with Gasteiger partial charge in [0.2, 0.25) is 0 Å². The maximum Gasteiger partial charge on any atom is 0.278 e. The van der Waals surface area contributed by atoms with Gasteiger partial charge in [-0.2, -0.15) is 0 Å². The highest BCUT2D eigenvalue weighted by Crippen LogP contribution is 2.21. The van der Waals surface area contributed by atoms with E-state index in [1.165, 1.54) is 0 Å². The van der Waals surface area contributed by atoms with Crippen molar-refractivity contribution in [2.75, 3.05) is 5.32 Å². The number of hydrogen-bond donors (Lipinski definition) is 1. The molecule has 0 bridgehead atoms. The Balaban J connectivity index is 1.89. The second kappa shape index (κ2) is 5.99. The van der Waals surface area contributed by atoms with E-state index in [1.807, 2.05) is 30.3 Å². The lowest BCUT2D eigenvalue weighted by atomic mass is 10.2. The maximum atomic E-state index is 12.3. The topological polar surface area (TPSA) is 59.8 Å². The van der Waals surface area contributed by atoms with Crippen LogP contribution in [-0.2, 0) is 0 Å². The molecule has 6 heteroatoms. The summed E-state index contributed by atoms with van der Waals surface area (Å²) in [5.74, 6) is -0.340. The van der Waals surface area contributed by atoms with E-state index in [1.54, 1.807) is 35.9 Å². The number of hydrogen-bond acceptors (Lipinski definition) is 3. The van der Waals surface area contributed by atoms with E-state index >= 15 is 0 Å². The fourth-order valence-corrected chi connectivity index (χ4v) is 2.28. The largest absolute Gasteiger partial charge is 0.319 e. The normalized spacial score (nSPS) is 10.5. The number of halogens is 1. The molecular weight excluding hydrogens is 300 g/mol. The predicted octanol–water partition coefficient (Wildman–Crippen LogP) is 3.48. The molecule has 0 spiro atoms. The summed E-state index contributed by atoms with van der Waals surface area (Å²) in [6.45, 7) is 1.80. The van der Waals surface area contributed by atoms with Crippen LogP contribution < -0.4 is 5.32 Å². The first-order valence-electron chi connectivity index (χ1n) is 6.70. The van der Waals surface area contributed by atoms with Crippen molar-refractivity contribution in [3.63, 3.8) is 0 Å². The van der Waals surface area contributed by atoms with Crippen LogP contribution >= 0.6 is 11.6 Å². The van der Waals surface area contributed by atoms with Gasteiger partial charge < -0.3 is 5.32 Å². The minimum Gasteiger partial charge on any atom is -0.319 e. The molecule has 0 saturated heterocycles. The Morgan fingerprint density at radius 2 is 1.77 bits per heavy atom. The Labute approximate surface area is 132 Å². The molecule has 0 aliphatic rings. The Kier molecular flexibility index (Phi) is 3.89. The molecule has 0 fully saturated rings. The number of amides is 1. The molecule has 110 valence electrons. The van der Waals surface area contributed by atoms with Crippen LogP contribution in [0, 0.1) is 6.92 Å². The Bertz CT molecular complexity index is 814.